The molecular formula is C22H32F3N7O2S. The Bertz CT molecular complexity index is 1030. The van der Waals surface area contributed by atoms with Crippen LogP contribution in [-0.4, -0.2) is 54.2 Å². The third-order valence-corrected chi connectivity index (χ3v) is 7.64. The van der Waals surface area contributed by atoms with Gasteiger partial charge in [0.2, 0.25) is 0 Å². The maximum absolute atomic E-state index is 13.3. The van der Waals surface area contributed by atoms with E-state index in [2.05, 4.69) is 36.4 Å². The molecule has 2 aromatic rings. The van der Waals surface area contributed by atoms with Gasteiger partial charge in [-0.1, -0.05) is 6.07 Å². The number of aromatic nitrogens is 4. The number of tetrazole rings is 1. The van der Waals surface area contributed by atoms with Gasteiger partial charge in [-0.25, -0.2) is 18.7 Å². The second-order valence-corrected chi connectivity index (χ2v) is 10.5. The molecule has 9 nitrogen and oxygen atoms in total. The molecule has 5 rings (SSSR count). The van der Waals surface area contributed by atoms with E-state index in [1.54, 1.807) is 6.07 Å². The topological polar surface area (TPSA) is 139 Å². The normalized spacial score (nSPS) is 24.6. The quantitative estimate of drug-likeness (QED) is 0.394. The first-order chi connectivity index (χ1) is 16.7. The van der Waals surface area contributed by atoms with E-state index in [9.17, 15) is 13.2 Å². The number of nitrogens with one attached hydrogen (secondary N) is 3. The van der Waals surface area contributed by atoms with Gasteiger partial charge in [-0.3, -0.25) is 0 Å². The Morgan fingerprint density at radius 3 is 2.29 bits per heavy atom. The van der Waals surface area contributed by atoms with Gasteiger partial charge in [-0.05, 0) is 104 Å². The minimum atomic E-state index is -4.39. The Morgan fingerprint density at radius 1 is 1.06 bits per heavy atom. The first-order valence-corrected chi connectivity index (χ1v) is 13.2. The molecule has 35 heavy (non-hydrogen) atoms. The van der Waals surface area contributed by atoms with Crippen molar-refractivity contribution >= 4 is 10.9 Å². The fraction of sp³-hybridized carbons (Fsp3) is 0.682. The van der Waals surface area contributed by atoms with Crippen molar-refractivity contribution in [3.8, 4) is 11.4 Å². The molecule has 1 aliphatic heterocycles. The van der Waals surface area contributed by atoms with Crippen LogP contribution in [0.15, 0.2) is 18.2 Å². The Morgan fingerprint density at radius 2 is 1.71 bits per heavy atom. The zero-order valence-electron chi connectivity index (χ0n) is 19.4. The van der Waals surface area contributed by atoms with Crippen LogP contribution in [0.1, 0.15) is 68.4 Å². The summed E-state index contributed by atoms with van der Waals surface area (Å²) in [5.74, 6) is 0.515. The second-order valence-electron chi connectivity index (χ2n) is 9.91. The van der Waals surface area contributed by atoms with Crippen molar-refractivity contribution in [2.24, 2.45) is 10.6 Å². The predicted molar refractivity (Wildman–Crippen MR) is 125 cm³/mol. The zero-order valence-corrected chi connectivity index (χ0v) is 20.2. The van der Waals surface area contributed by atoms with Gasteiger partial charge in [-0.2, -0.15) is 13.2 Å². The number of rotatable bonds is 4. The maximum atomic E-state index is 13.3. The number of halogens is 3. The summed E-state index contributed by atoms with van der Waals surface area (Å²) in [5, 5.41) is 25.0. The lowest BCUT2D eigenvalue weighted by molar-refractivity contribution is -0.137. The van der Waals surface area contributed by atoms with Crippen molar-refractivity contribution in [2.45, 2.75) is 75.5 Å². The fourth-order valence-corrected chi connectivity index (χ4v) is 5.94. The van der Waals surface area contributed by atoms with Gasteiger partial charge in [0.15, 0.2) is 16.7 Å². The number of nitrogens with two attached hydrogens (primary N) is 1. The van der Waals surface area contributed by atoms with E-state index in [1.807, 2.05) is 0 Å². The molecule has 5 N–H and O–H groups in total. The van der Waals surface area contributed by atoms with E-state index < -0.39 is 22.6 Å². The number of hydrogen-bond acceptors (Lipinski definition) is 7. The van der Waals surface area contributed by atoms with E-state index in [4.69, 9.17) is 8.42 Å². The largest absolute Gasteiger partial charge is 0.416 e. The monoisotopic (exact) mass is 515 g/mol. The summed E-state index contributed by atoms with van der Waals surface area (Å²) < 4.78 is 57.4. The van der Waals surface area contributed by atoms with E-state index in [-0.39, 0.29) is 5.92 Å². The Balaban J connectivity index is 0.000000672. The lowest BCUT2D eigenvalue weighted by atomic mass is 9.60. The Labute approximate surface area is 203 Å². The molecule has 0 amide bonds. The van der Waals surface area contributed by atoms with Crippen LogP contribution >= 0.6 is 0 Å². The molecule has 2 saturated carbocycles. The molecule has 3 aliphatic rings. The van der Waals surface area contributed by atoms with Crippen molar-refractivity contribution in [3.63, 3.8) is 0 Å². The van der Waals surface area contributed by atoms with Crippen molar-refractivity contribution in [1.82, 2.24) is 31.3 Å². The van der Waals surface area contributed by atoms with Crippen LogP contribution in [0, 0.1) is 5.41 Å². The average Bonchev–Trinajstić information content (AvgIpc) is 3.33. The first kappa shape index (κ1) is 26.0. The lowest BCUT2D eigenvalue weighted by Gasteiger charge is -2.52. The van der Waals surface area contributed by atoms with E-state index in [0.29, 0.717) is 28.9 Å². The molecule has 0 radical (unpaired) electrons. The number of H-pyrrole nitrogens is 1. The number of thiol groups is 1. The molecule has 2 aliphatic carbocycles. The SMILES string of the molecule is FC(F)(F)c1ccc(C2CCC(NC3CC4(CCNCC4)C3)CC2)c(-c2nnn[nH]2)c1.N[SH](=O)=O. The number of nitrogens with zero attached hydrogens (tertiary/aromatic N) is 3. The molecule has 3 fully saturated rings. The van der Waals surface area contributed by atoms with Crippen molar-refractivity contribution in [2.75, 3.05) is 13.1 Å². The summed E-state index contributed by atoms with van der Waals surface area (Å²) in [4.78, 5) is 0. The smallest absolute Gasteiger partial charge is 0.317 e. The van der Waals surface area contributed by atoms with Crippen molar-refractivity contribution < 1.29 is 21.6 Å². The standard InChI is InChI=1S/C22H29F3N6.H3NO2S/c23-22(24,25)15-3-6-18(19(11-15)20-28-30-31-29-20)14-1-4-16(5-2-14)27-17-12-21(13-17)7-9-26-10-8-21;1-4(2)3/h3,6,11,14,16-17,26-27H,1-2,4-5,7-10,12-13H2,(H,28,29,30,31);4H,(H2,1,2,3). The lowest BCUT2D eigenvalue weighted by Crippen LogP contribution is -2.55. The predicted octanol–water partition coefficient (Wildman–Crippen LogP) is 2.50. The fourth-order valence-electron chi connectivity index (χ4n) is 5.94. The molecular weight excluding hydrogens is 483 g/mol. The highest BCUT2D eigenvalue weighted by Crippen LogP contribution is 2.48. The summed E-state index contributed by atoms with van der Waals surface area (Å²) in [5.41, 5.74) is 1.26. The Kier molecular flexibility index (Phi) is 8.09. The zero-order chi connectivity index (χ0) is 25.1. The van der Waals surface area contributed by atoms with Gasteiger partial charge in [0, 0.05) is 17.6 Å². The van der Waals surface area contributed by atoms with Crippen LogP contribution in [-0.2, 0) is 17.1 Å². The molecule has 0 unspecified atom stereocenters. The molecule has 194 valence electrons. The summed E-state index contributed by atoms with van der Waals surface area (Å²) in [7, 11) is -2.62. The summed E-state index contributed by atoms with van der Waals surface area (Å²) in [6.07, 6.45) is 4.79. The average molecular weight is 516 g/mol. The van der Waals surface area contributed by atoms with E-state index in [1.165, 1.54) is 37.8 Å². The molecule has 13 heteroatoms. The van der Waals surface area contributed by atoms with E-state index in [0.717, 1.165) is 44.3 Å². The highest BCUT2D eigenvalue weighted by molar-refractivity contribution is 7.69. The van der Waals surface area contributed by atoms with Gasteiger partial charge < -0.3 is 10.6 Å². The van der Waals surface area contributed by atoms with Gasteiger partial charge in [0.25, 0.3) is 0 Å². The van der Waals surface area contributed by atoms with Crippen LogP contribution in [0.3, 0.4) is 0 Å². The maximum Gasteiger partial charge on any atom is 0.416 e. The van der Waals surface area contributed by atoms with E-state index >= 15 is 0 Å². The van der Waals surface area contributed by atoms with Crippen molar-refractivity contribution in [3.05, 3.63) is 29.3 Å². The van der Waals surface area contributed by atoms with Crippen molar-refractivity contribution in [1.29, 1.82) is 0 Å². The van der Waals surface area contributed by atoms with Gasteiger partial charge in [-0.15, -0.1) is 5.10 Å². The van der Waals surface area contributed by atoms with Crippen LogP contribution in [0.5, 0.6) is 0 Å². The number of aromatic amines is 1. The summed E-state index contributed by atoms with van der Waals surface area (Å²) in [6, 6.07) is 5.10. The van der Waals surface area contributed by atoms with Gasteiger partial charge in [0.05, 0.1) is 5.56 Å². The molecule has 0 bridgehead atoms. The van der Waals surface area contributed by atoms with Crippen LogP contribution in [0.2, 0.25) is 0 Å². The molecule has 0 atom stereocenters. The number of benzene rings is 1. The molecule has 2 heterocycles. The third-order valence-electron chi connectivity index (χ3n) is 7.64. The third kappa shape index (κ3) is 6.57. The van der Waals surface area contributed by atoms with Crippen LogP contribution in [0.4, 0.5) is 13.2 Å². The number of hydrogen-bond donors (Lipinski definition) is 5. The summed E-state index contributed by atoms with van der Waals surface area (Å²) in [6.45, 7) is 2.29. The minimum absolute atomic E-state index is 0.220. The first-order valence-electron chi connectivity index (χ1n) is 12.0. The highest BCUT2D eigenvalue weighted by atomic mass is 32.2. The van der Waals surface area contributed by atoms with Gasteiger partial charge in [0.1, 0.15) is 0 Å². The van der Waals surface area contributed by atoms with Crippen LogP contribution in [0.25, 0.3) is 11.4 Å². The summed E-state index contributed by atoms with van der Waals surface area (Å²) >= 11 is 0. The second kappa shape index (κ2) is 10.9. The van der Waals surface area contributed by atoms with Crippen LogP contribution < -0.4 is 15.8 Å². The Hall–Kier alpha value is -2.09. The molecule has 1 aromatic carbocycles. The molecule has 1 aromatic heterocycles. The molecule has 1 saturated heterocycles. The number of piperidine rings is 1. The number of alkyl halides is 3. The molecule has 1 spiro atoms. The van der Waals surface area contributed by atoms with Gasteiger partial charge >= 0.3 is 6.18 Å². The highest BCUT2D eigenvalue weighted by Gasteiger charge is 2.45. The minimum Gasteiger partial charge on any atom is -0.317 e.